The van der Waals surface area contributed by atoms with E-state index in [9.17, 15) is 11.0 Å². The van der Waals surface area contributed by atoms with E-state index in [4.69, 9.17) is 0 Å². The van der Waals surface area contributed by atoms with Gasteiger partial charge in [0.25, 0.3) is 0 Å². The number of hydrogen-bond acceptors (Lipinski definition) is 6. The average molecular weight is 471 g/mol. The van der Waals surface area contributed by atoms with E-state index < -0.39 is 5.89 Å². The molecule has 0 radical (unpaired) electrons. The zero-order chi connectivity index (χ0) is 25.5. The second-order valence-electron chi connectivity index (χ2n) is 10.3. The van der Waals surface area contributed by atoms with Crippen LogP contribution in [0, 0.1) is 22.6 Å². The van der Waals surface area contributed by atoms with Crippen molar-refractivity contribution in [2.24, 2.45) is 5.41 Å². The molecular formula is C27H28FN7. The molecular weight excluding hydrogens is 441 g/mol. The Kier molecular flexibility index (Phi) is 5.61. The van der Waals surface area contributed by atoms with Crippen molar-refractivity contribution in [3.63, 3.8) is 0 Å². The molecule has 0 bridgehead atoms. The van der Waals surface area contributed by atoms with Crippen molar-refractivity contribution in [3.05, 3.63) is 77.1 Å². The molecule has 4 aromatic rings. The van der Waals surface area contributed by atoms with E-state index in [1.807, 2.05) is 16.9 Å². The Labute approximate surface area is 205 Å². The number of nitriles is 1. The third kappa shape index (κ3) is 5.14. The molecule has 2 aromatic heterocycles. The van der Waals surface area contributed by atoms with Gasteiger partial charge in [-0.1, -0.05) is 38.1 Å². The van der Waals surface area contributed by atoms with Crippen molar-refractivity contribution in [1.29, 1.82) is 5.26 Å². The highest BCUT2D eigenvalue weighted by molar-refractivity contribution is 5.93. The molecule has 1 aliphatic rings. The molecule has 1 fully saturated rings. The molecule has 35 heavy (non-hydrogen) atoms. The third-order valence-electron chi connectivity index (χ3n) is 6.02. The minimum absolute atomic E-state index is 0.0270. The number of halogens is 1. The first-order valence-electron chi connectivity index (χ1n) is 12.3. The normalized spacial score (nSPS) is 15.9. The molecule has 1 saturated carbocycles. The summed E-state index contributed by atoms with van der Waals surface area (Å²) in [6.07, 6.45) is 5.58. The molecule has 1 aliphatic carbocycles. The van der Waals surface area contributed by atoms with Crippen molar-refractivity contribution < 1.29 is 5.76 Å². The Hall–Kier alpha value is -3.86. The summed E-state index contributed by atoms with van der Waals surface area (Å²) in [7, 11) is 0. The maximum atomic E-state index is 13.7. The topological polar surface area (TPSA) is 92.3 Å². The van der Waals surface area contributed by atoms with Crippen molar-refractivity contribution in [2.75, 3.05) is 11.9 Å². The highest BCUT2D eigenvalue weighted by Crippen LogP contribution is 2.36. The molecule has 1 atom stereocenters. The van der Waals surface area contributed by atoms with Gasteiger partial charge in [0.15, 0.2) is 0 Å². The quantitative estimate of drug-likeness (QED) is 0.389. The average Bonchev–Trinajstić information content (AvgIpc) is 3.57. The van der Waals surface area contributed by atoms with Gasteiger partial charge < -0.3 is 5.32 Å². The van der Waals surface area contributed by atoms with Crippen molar-refractivity contribution in [1.82, 2.24) is 25.0 Å². The molecule has 2 heterocycles. The summed E-state index contributed by atoms with van der Waals surface area (Å²) in [6.45, 7) is 7.07. The predicted octanol–water partition coefficient (Wildman–Crippen LogP) is 5.40. The lowest BCUT2D eigenvalue weighted by Crippen LogP contribution is -2.19. The fraction of sp³-hybridized carbons (Fsp3) is 0.370. The Morgan fingerprint density at radius 3 is 2.69 bits per heavy atom. The summed E-state index contributed by atoms with van der Waals surface area (Å²) >= 11 is 0. The van der Waals surface area contributed by atoms with E-state index in [0.29, 0.717) is 40.7 Å². The SMILES string of the molecule is [2H][C@@](Cc1cc(C#N)c2ncnc(NCC(C)(C)C)c2c1)(c1ccc(F)cc1)c1cn(C2CC2)nn1. The number of fused-ring (bicyclic) bond motifs is 1. The third-order valence-corrected chi connectivity index (χ3v) is 6.02. The molecule has 1 N–H and O–H groups in total. The molecule has 0 spiro atoms. The molecule has 0 unspecified atom stereocenters. The van der Waals surface area contributed by atoms with Gasteiger partial charge in [-0.2, -0.15) is 5.26 Å². The first kappa shape index (κ1) is 21.7. The first-order valence-corrected chi connectivity index (χ1v) is 11.8. The molecule has 178 valence electrons. The minimum atomic E-state index is -1.34. The van der Waals surface area contributed by atoms with Crippen LogP contribution in [-0.4, -0.2) is 31.5 Å². The standard InChI is InChI=1S/C27H28FN7/c1-27(2,3)15-30-26-23-12-17(10-19(13-29)25(23)31-16-32-26)11-22(18-4-6-20(28)7-5-18)24-14-35(34-33-24)21-8-9-21/h4-7,10,12,14,16,21-22H,8-9,11,15H2,1-3H3,(H,30,31,32)/t22-/m1/s1/i22D. The molecule has 7 nitrogen and oxygen atoms in total. The minimum Gasteiger partial charge on any atom is -0.369 e. The van der Waals surface area contributed by atoms with Gasteiger partial charge in [-0.25, -0.2) is 19.0 Å². The number of aromatic nitrogens is 5. The van der Waals surface area contributed by atoms with Gasteiger partial charge in [0.1, 0.15) is 24.0 Å². The van der Waals surface area contributed by atoms with Crippen molar-refractivity contribution in [3.8, 4) is 6.07 Å². The molecule has 2 aromatic carbocycles. The summed E-state index contributed by atoms with van der Waals surface area (Å²) in [5.41, 5.74) is 2.83. The van der Waals surface area contributed by atoms with E-state index in [1.165, 1.54) is 18.5 Å². The lowest BCUT2D eigenvalue weighted by atomic mass is 9.88. The second kappa shape index (κ2) is 9.06. The predicted molar refractivity (Wildman–Crippen MR) is 132 cm³/mol. The van der Waals surface area contributed by atoms with Gasteiger partial charge in [0, 0.05) is 25.4 Å². The van der Waals surface area contributed by atoms with Crippen LogP contribution in [0.2, 0.25) is 0 Å². The number of benzene rings is 2. The van der Waals surface area contributed by atoms with Crippen LogP contribution in [-0.2, 0) is 6.42 Å². The Morgan fingerprint density at radius 2 is 2.00 bits per heavy atom. The van der Waals surface area contributed by atoms with Crippen LogP contribution in [0.4, 0.5) is 10.2 Å². The summed E-state index contributed by atoms with van der Waals surface area (Å²) in [5.74, 6) is -1.06. The lowest BCUT2D eigenvalue weighted by molar-refractivity contribution is 0.442. The summed E-state index contributed by atoms with van der Waals surface area (Å²) in [4.78, 5) is 8.80. The van der Waals surface area contributed by atoms with Crippen LogP contribution in [0.3, 0.4) is 0 Å². The van der Waals surface area contributed by atoms with Crippen LogP contribution < -0.4 is 5.32 Å². The highest BCUT2D eigenvalue weighted by Gasteiger charge is 2.27. The fourth-order valence-corrected chi connectivity index (χ4v) is 4.03. The van der Waals surface area contributed by atoms with Crippen molar-refractivity contribution in [2.45, 2.75) is 52.0 Å². The second-order valence-corrected chi connectivity index (χ2v) is 10.3. The zero-order valence-electron chi connectivity index (χ0n) is 21.1. The van der Waals surface area contributed by atoms with E-state index in [1.54, 1.807) is 18.2 Å². The molecule has 0 aliphatic heterocycles. The van der Waals surface area contributed by atoms with Crippen LogP contribution >= 0.6 is 0 Å². The monoisotopic (exact) mass is 470 g/mol. The number of rotatable bonds is 7. The zero-order valence-corrected chi connectivity index (χ0v) is 20.1. The Bertz CT molecular complexity index is 1450. The first-order chi connectivity index (χ1) is 17.2. The van der Waals surface area contributed by atoms with E-state index >= 15 is 0 Å². The smallest absolute Gasteiger partial charge is 0.137 e. The van der Waals surface area contributed by atoms with Crippen LogP contribution in [0.25, 0.3) is 10.9 Å². The fourth-order valence-electron chi connectivity index (χ4n) is 4.03. The molecule has 5 rings (SSSR count). The summed E-state index contributed by atoms with van der Waals surface area (Å²) in [5, 5.41) is 22.6. The maximum Gasteiger partial charge on any atom is 0.137 e. The summed E-state index contributed by atoms with van der Waals surface area (Å²) in [6, 6.07) is 12.2. The number of nitrogens with one attached hydrogen (secondary N) is 1. The lowest BCUT2D eigenvalue weighted by Gasteiger charge is -2.20. The van der Waals surface area contributed by atoms with Gasteiger partial charge in [-0.15, -0.1) is 5.10 Å². The Balaban J connectivity index is 1.60. The van der Waals surface area contributed by atoms with Gasteiger partial charge in [0.05, 0.1) is 22.8 Å². The summed E-state index contributed by atoms with van der Waals surface area (Å²) < 4.78 is 25.1. The van der Waals surface area contributed by atoms with Crippen molar-refractivity contribution >= 4 is 16.7 Å². The maximum absolute atomic E-state index is 13.7. The van der Waals surface area contributed by atoms with Gasteiger partial charge >= 0.3 is 0 Å². The Morgan fingerprint density at radius 1 is 1.23 bits per heavy atom. The van der Waals surface area contributed by atoms with Gasteiger partial charge in [-0.3, -0.25) is 0 Å². The van der Waals surface area contributed by atoms with E-state index in [2.05, 4.69) is 52.4 Å². The van der Waals surface area contributed by atoms with Crippen LogP contribution in [0.5, 0.6) is 0 Å². The van der Waals surface area contributed by atoms with Gasteiger partial charge in [0.2, 0.25) is 0 Å². The number of hydrogen-bond donors (Lipinski definition) is 1. The number of anilines is 1. The van der Waals surface area contributed by atoms with E-state index in [-0.39, 0.29) is 17.7 Å². The molecule has 0 amide bonds. The van der Waals surface area contributed by atoms with Crippen LogP contribution in [0.15, 0.2) is 48.9 Å². The highest BCUT2D eigenvalue weighted by atomic mass is 19.1. The largest absolute Gasteiger partial charge is 0.369 e. The van der Waals surface area contributed by atoms with Crippen LogP contribution in [0.1, 0.15) is 69.3 Å². The van der Waals surface area contributed by atoms with Gasteiger partial charge in [-0.05, 0) is 60.1 Å². The van der Waals surface area contributed by atoms with E-state index in [0.717, 1.165) is 23.8 Å². The molecule has 0 saturated heterocycles. The number of nitrogens with zero attached hydrogens (tertiary/aromatic N) is 6. The molecule has 8 heteroatoms.